The fourth-order valence-corrected chi connectivity index (χ4v) is 12.1. The molecule has 0 radical (unpaired) electrons. The SMILES string of the molecule is C=C(N)c1cccnc1COc1cc(Br)cc2ncccc12.COc1cc(-c2cc(OC[C@H]3CNC(=O)C3)c3cccnc3c2)ccc1O.COc1ccc(-c2cc(OC[C@H]3CNC(=O)O3)c3cccnc3c2)cn1.COc1ccc(-c2cc(O[C@H](C)[C@H]3CNC(=O)C3)c3cccnc3c2)cn1. The van der Waals surface area contributed by atoms with Crippen molar-refractivity contribution in [3.8, 4) is 79.6 Å². The molecule has 15 rings (SSSR count). The van der Waals surface area contributed by atoms with Crippen LogP contribution in [0.25, 0.3) is 82.7 Å². The zero-order valence-electron chi connectivity index (χ0n) is 56.2. The van der Waals surface area contributed by atoms with Gasteiger partial charge in [0, 0.05) is 142 Å². The van der Waals surface area contributed by atoms with E-state index in [4.69, 9.17) is 43.6 Å². The molecule has 4 atom stereocenters. The first-order valence-electron chi connectivity index (χ1n) is 32.7. The number of halogens is 1. The van der Waals surface area contributed by atoms with Gasteiger partial charge in [0.2, 0.25) is 23.6 Å². The Morgan fingerprint density at radius 1 is 0.539 bits per heavy atom. The summed E-state index contributed by atoms with van der Waals surface area (Å²) in [4.78, 5) is 64.6. The van der Waals surface area contributed by atoms with Gasteiger partial charge in [0.15, 0.2) is 17.6 Å². The van der Waals surface area contributed by atoms with Crippen LogP contribution in [0.5, 0.6) is 46.3 Å². The van der Waals surface area contributed by atoms with Gasteiger partial charge in [0.1, 0.15) is 42.3 Å². The number of nitrogens with one attached hydrogen (secondary N) is 3. The fourth-order valence-electron chi connectivity index (χ4n) is 11.7. The maximum Gasteiger partial charge on any atom is 0.407 e. The fraction of sp³-hybridized carbons (Fsp3) is 0.205. The molecule has 5 aromatic carbocycles. The Hall–Kier alpha value is -12.2. The number of carbonyl (C=O) groups is 3. The maximum absolute atomic E-state index is 11.5. The number of fused-ring (bicyclic) bond motifs is 4. The summed E-state index contributed by atoms with van der Waals surface area (Å²) in [5.74, 6) is 5.03. The Balaban J connectivity index is 0.000000129. The molecule has 23 nitrogen and oxygen atoms in total. The highest BCUT2D eigenvalue weighted by atomic mass is 79.9. The van der Waals surface area contributed by atoms with Gasteiger partial charge >= 0.3 is 6.09 Å². The highest BCUT2D eigenvalue weighted by molar-refractivity contribution is 9.10. The molecule has 0 bridgehead atoms. The van der Waals surface area contributed by atoms with Crippen LogP contribution in [0, 0.1) is 11.8 Å². The first-order valence-corrected chi connectivity index (χ1v) is 33.5. The number of nitrogens with two attached hydrogens (primary N) is 1. The number of phenols is 1. The molecule has 12 aromatic rings. The van der Waals surface area contributed by atoms with Gasteiger partial charge in [-0.05, 0) is 163 Å². The highest BCUT2D eigenvalue weighted by Crippen LogP contribution is 2.39. The van der Waals surface area contributed by atoms with Gasteiger partial charge in [0.25, 0.3) is 0 Å². The van der Waals surface area contributed by atoms with Crippen molar-refractivity contribution in [3.63, 3.8) is 0 Å². The van der Waals surface area contributed by atoms with Gasteiger partial charge in [-0.1, -0.05) is 28.6 Å². The molecule has 7 aromatic heterocycles. The van der Waals surface area contributed by atoms with E-state index < -0.39 is 6.09 Å². The number of rotatable bonds is 19. The molecule has 3 aliphatic heterocycles. The van der Waals surface area contributed by atoms with E-state index in [2.05, 4.69) is 73.3 Å². The number of aromatic hydroxyl groups is 1. The number of ether oxygens (including phenoxy) is 8. The van der Waals surface area contributed by atoms with E-state index in [-0.39, 0.29) is 48.2 Å². The van der Waals surface area contributed by atoms with Crippen LogP contribution in [0.3, 0.4) is 0 Å². The van der Waals surface area contributed by atoms with E-state index in [1.165, 1.54) is 7.11 Å². The average molecular weight is 1440 g/mol. The standard InChI is InChI=1S/C21H21N3O3.C21H20N2O4.C19H17N3O4.C17H14BrN3O/c1-13(16-10-20(25)23-12-16)27-19-9-15(8-18-17(19)4-3-7-22-18)14-5-6-21(26-2)24-11-14;1-26-20-9-14(4-5-18(20)24)15-8-17-16(3-2-6-22-17)19(10-15)27-12-13-7-21(25)23-11-13;1-24-18-5-4-12(9-21-18)13-7-16-15(3-2-6-20-16)17(8-13)25-11-14-10-22-19(23)26-14;1-11(19)13-4-2-7-21-16(13)10-22-17-9-12(18)8-15-14(17)5-3-6-20-15/h3-9,11,13,16H,10,12H2,1-2H3,(H,23,25);2-6,8-10,13,24H,7,11-12H2,1H3,(H,23,25);2-9,14H,10-11H2,1H3,(H,22,23);2-9H,1,10,19H2/t13-,16-;13-;14-;/m111./s1. The molecule has 102 heavy (non-hydrogen) atoms. The van der Waals surface area contributed by atoms with Crippen LogP contribution < -0.4 is 54.8 Å². The predicted molar refractivity (Wildman–Crippen MR) is 391 cm³/mol. The van der Waals surface area contributed by atoms with Crippen molar-refractivity contribution >= 4 is 83.1 Å². The van der Waals surface area contributed by atoms with Gasteiger partial charge < -0.3 is 64.7 Å². The monoisotopic (exact) mass is 1430 g/mol. The quantitative estimate of drug-likeness (QED) is 0.0502. The zero-order chi connectivity index (χ0) is 71.1. The summed E-state index contributed by atoms with van der Waals surface area (Å²) in [6, 6.07) is 47.6. The number of methoxy groups -OCH3 is 3. The van der Waals surface area contributed by atoms with Crippen LogP contribution in [0.1, 0.15) is 31.0 Å². The summed E-state index contributed by atoms with van der Waals surface area (Å²) < 4.78 is 45.8. The molecule has 10 heterocycles. The van der Waals surface area contributed by atoms with E-state index in [0.717, 1.165) is 110 Å². The van der Waals surface area contributed by atoms with E-state index >= 15 is 0 Å². The first-order chi connectivity index (χ1) is 49.6. The molecule has 3 fully saturated rings. The van der Waals surface area contributed by atoms with E-state index in [0.29, 0.717) is 74.6 Å². The minimum absolute atomic E-state index is 0.0695. The number of cyclic esters (lactones) is 1. The smallest absolute Gasteiger partial charge is 0.407 e. The lowest BCUT2D eigenvalue weighted by Gasteiger charge is -2.21. The van der Waals surface area contributed by atoms with Crippen LogP contribution in [-0.2, 0) is 20.9 Å². The van der Waals surface area contributed by atoms with Gasteiger partial charge in [0.05, 0.1) is 62.2 Å². The molecule has 3 saturated heterocycles. The lowest BCUT2D eigenvalue weighted by atomic mass is 10.0. The van der Waals surface area contributed by atoms with Crippen LogP contribution in [0.15, 0.2) is 206 Å². The summed E-state index contributed by atoms with van der Waals surface area (Å²) in [5.41, 5.74) is 16.8. The lowest BCUT2D eigenvalue weighted by molar-refractivity contribution is -0.120. The van der Waals surface area contributed by atoms with Gasteiger partial charge in [-0.25, -0.2) is 14.8 Å². The number of hydrogen-bond donors (Lipinski definition) is 5. The van der Waals surface area contributed by atoms with E-state index in [1.54, 1.807) is 69.7 Å². The number of nitrogens with zero attached hydrogens (tertiary/aromatic N) is 7. The Labute approximate surface area is 595 Å². The van der Waals surface area contributed by atoms with Crippen molar-refractivity contribution in [2.24, 2.45) is 17.6 Å². The van der Waals surface area contributed by atoms with Gasteiger partial charge in [-0.15, -0.1) is 0 Å². The van der Waals surface area contributed by atoms with E-state index in [9.17, 15) is 19.5 Å². The topological polar surface area (TPSA) is 298 Å². The molecule has 3 aliphatic rings. The Kier molecular flexibility index (Phi) is 22.3. The molecule has 6 N–H and O–H groups in total. The number of benzene rings is 5. The number of carbonyl (C=O) groups excluding carboxylic acids is 3. The summed E-state index contributed by atoms with van der Waals surface area (Å²) in [7, 11) is 4.70. The van der Waals surface area contributed by atoms with Crippen molar-refractivity contribution in [3.05, 3.63) is 217 Å². The number of aromatic nitrogens is 7. The molecular weight excluding hydrogens is 1360 g/mol. The summed E-state index contributed by atoms with van der Waals surface area (Å²) in [6.45, 7) is 8.56. The van der Waals surface area contributed by atoms with Crippen LogP contribution >= 0.6 is 15.9 Å². The second kappa shape index (κ2) is 32.7. The molecule has 0 saturated carbocycles. The highest BCUT2D eigenvalue weighted by Gasteiger charge is 2.29. The lowest BCUT2D eigenvalue weighted by Crippen LogP contribution is -2.25. The normalized spacial score (nSPS) is 15.4. The number of amides is 3. The third kappa shape index (κ3) is 17.3. The largest absolute Gasteiger partial charge is 0.504 e. The summed E-state index contributed by atoms with van der Waals surface area (Å²) in [5, 5.41) is 21.9. The van der Waals surface area contributed by atoms with Crippen LogP contribution in [0.4, 0.5) is 4.79 Å². The third-order valence-corrected chi connectivity index (χ3v) is 17.5. The van der Waals surface area contributed by atoms with Crippen molar-refractivity contribution in [2.45, 2.75) is 38.6 Å². The molecule has 3 amide bonds. The average Bonchev–Trinajstić information content (AvgIpc) is 0.838. The number of alkyl carbamates (subject to hydrolysis) is 1. The van der Waals surface area contributed by atoms with Crippen molar-refractivity contribution < 1.29 is 57.4 Å². The van der Waals surface area contributed by atoms with Crippen LogP contribution in [0.2, 0.25) is 0 Å². The number of pyridine rings is 7. The minimum atomic E-state index is -0.414. The first kappa shape index (κ1) is 69.7. The molecular formula is C78H72BrN11O12. The van der Waals surface area contributed by atoms with Gasteiger partial charge in [-0.3, -0.25) is 34.5 Å². The maximum atomic E-state index is 11.5. The Morgan fingerprint density at radius 2 is 1.04 bits per heavy atom. The molecule has 0 unspecified atom stereocenters. The second-order valence-corrected chi connectivity index (χ2v) is 24.9. The number of hydrogen-bond acceptors (Lipinski definition) is 20. The minimum Gasteiger partial charge on any atom is -0.504 e. The molecule has 0 spiro atoms. The Bertz CT molecular complexity index is 5010. The summed E-state index contributed by atoms with van der Waals surface area (Å²) >= 11 is 3.48. The van der Waals surface area contributed by atoms with Crippen molar-refractivity contribution in [1.82, 2.24) is 50.8 Å². The zero-order valence-corrected chi connectivity index (χ0v) is 57.8. The number of phenolic OH excluding ortho intramolecular Hbond substituents is 1. The van der Waals surface area contributed by atoms with Crippen molar-refractivity contribution in [1.29, 1.82) is 0 Å². The second-order valence-electron chi connectivity index (χ2n) is 24.0. The predicted octanol–water partition coefficient (Wildman–Crippen LogP) is 13.0. The Morgan fingerprint density at radius 3 is 1.55 bits per heavy atom. The van der Waals surface area contributed by atoms with Gasteiger partial charge in [-0.2, -0.15) is 0 Å². The summed E-state index contributed by atoms with van der Waals surface area (Å²) in [6.07, 6.45) is 12.4. The van der Waals surface area contributed by atoms with Crippen LogP contribution in [-0.4, -0.2) is 124 Å². The molecule has 518 valence electrons. The molecule has 0 aliphatic carbocycles. The molecule has 24 heteroatoms. The van der Waals surface area contributed by atoms with Crippen molar-refractivity contribution in [2.75, 3.05) is 54.2 Å². The van der Waals surface area contributed by atoms with E-state index in [1.807, 2.05) is 146 Å². The third-order valence-electron chi connectivity index (χ3n) is 17.1.